The topological polar surface area (TPSA) is 117 Å². The summed E-state index contributed by atoms with van der Waals surface area (Å²) in [7, 11) is 0. The van der Waals surface area contributed by atoms with Crippen LogP contribution in [-0.2, 0) is 17.6 Å². The average molecular weight is 457 g/mol. The highest BCUT2D eigenvalue weighted by Crippen LogP contribution is 2.34. The molecule has 3 aromatic rings. The van der Waals surface area contributed by atoms with Crippen molar-refractivity contribution in [1.82, 2.24) is 9.78 Å². The number of hydrogen-bond acceptors (Lipinski definition) is 7. The minimum absolute atomic E-state index is 0.0620. The molecule has 1 aliphatic heterocycles. The fourth-order valence-corrected chi connectivity index (χ4v) is 4.22. The molecule has 1 aromatic heterocycles. The van der Waals surface area contributed by atoms with Gasteiger partial charge in [-0.15, -0.1) is 5.10 Å². The van der Waals surface area contributed by atoms with E-state index in [0.717, 1.165) is 29.3 Å². The fourth-order valence-electron chi connectivity index (χ4n) is 4.22. The Hall–Kier alpha value is -2.49. The van der Waals surface area contributed by atoms with Crippen molar-refractivity contribution in [2.75, 3.05) is 6.61 Å². The largest absolute Gasteiger partial charge is 0.443 e. The van der Waals surface area contributed by atoms with Crippen LogP contribution in [0.2, 0.25) is 0 Å². The third-order valence-electron chi connectivity index (χ3n) is 6.16. The molecular formula is C25H32N2O6. The fraction of sp³-hybridized carbons (Fsp3) is 0.480. The Labute approximate surface area is 193 Å². The van der Waals surface area contributed by atoms with Crippen LogP contribution in [0.25, 0.3) is 10.9 Å². The summed E-state index contributed by atoms with van der Waals surface area (Å²) in [4.78, 5) is 0. The first-order valence-corrected chi connectivity index (χ1v) is 11.3. The maximum atomic E-state index is 10.4. The third kappa shape index (κ3) is 4.76. The van der Waals surface area contributed by atoms with Crippen molar-refractivity contribution in [3.8, 4) is 5.88 Å². The number of aryl methyl sites for hydroxylation is 3. The molecule has 1 saturated heterocycles. The van der Waals surface area contributed by atoms with E-state index in [4.69, 9.17) is 9.47 Å². The van der Waals surface area contributed by atoms with Gasteiger partial charge in [-0.1, -0.05) is 42.0 Å². The average Bonchev–Trinajstić information content (AvgIpc) is 3.18. The summed E-state index contributed by atoms with van der Waals surface area (Å²) >= 11 is 0. The lowest BCUT2D eigenvalue weighted by Crippen LogP contribution is -2.60. The van der Waals surface area contributed by atoms with Crippen molar-refractivity contribution in [2.24, 2.45) is 0 Å². The monoisotopic (exact) mass is 456 g/mol. The van der Waals surface area contributed by atoms with Crippen molar-refractivity contribution in [3.63, 3.8) is 0 Å². The standard InChI is InChI=1S/C25H32N2O6/c1-14(2)27-18-6-4-5-17(12-11-16-9-7-15(3)8-10-16)20(18)24(26-27)33-25-23(31)22(30)21(29)19(13-28)32-25/h4-10,14,19,21-23,25,28-31H,11-13H2,1-3H3/t19-,21-,22+,23-,25+/m1/s1. The maximum Gasteiger partial charge on any atom is 0.243 e. The van der Waals surface area contributed by atoms with Crippen LogP contribution in [0.1, 0.15) is 36.6 Å². The molecule has 1 fully saturated rings. The molecule has 0 radical (unpaired) electrons. The third-order valence-corrected chi connectivity index (χ3v) is 6.16. The number of ether oxygens (including phenoxy) is 2. The van der Waals surface area contributed by atoms with Crippen LogP contribution in [0.4, 0.5) is 0 Å². The van der Waals surface area contributed by atoms with Gasteiger partial charge in [0.05, 0.1) is 17.5 Å². The highest BCUT2D eigenvalue weighted by molar-refractivity contribution is 5.88. The van der Waals surface area contributed by atoms with E-state index in [1.807, 2.05) is 36.7 Å². The van der Waals surface area contributed by atoms with Crippen molar-refractivity contribution in [2.45, 2.75) is 70.4 Å². The number of nitrogens with zero attached hydrogens (tertiary/aromatic N) is 2. The molecule has 5 atom stereocenters. The van der Waals surface area contributed by atoms with Gasteiger partial charge >= 0.3 is 0 Å². The Morgan fingerprint density at radius 3 is 2.39 bits per heavy atom. The van der Waals surface area contributed by atoms with Crippen molar-refractivity contribution in [1.29, 1.82) is 0 Å². The van der Waals surface area contributed by atoms with Crippen molar-refractivity contribution in [3.05, 3.63) is 59.2 Å². The zero-order valence-corrected chi connectivity index (χ0v) is 19.1. The lowest BCUT2D eigenvalue weighted by atomic mass is 9.99. The van der Waals surface area contributed by atoms with Gasteiger partial charge in [-0.25, -0.2) is 0 Å². The second-order valence-electron chi connectivity index (χ2n) is 8.96. The lowest BCUT2D eigenvalue weighted by Gasteiger charge is -2.39. The minimum atomic E-state index is -1.51. The predicted octanol–water partition coefficient (Wildman–Crippen LogP) is 1.89. The van der Waals surface area contributed by atoms with Gasteiger partial charge in [0.2, 0.25) is 12.2 Å². The summed E-state index contributed by atoms with van der Waals surface area (Å²) in [5.41, 5.74) is 4.38. The second kappa shape index (κ2) is 9.79. The van der Waals surface area contributed by atoms with E-state index in [0.29, 0.717) is 0 Å². The van der Waals surface area contributed by atoms with Crippen LogP contribution in [0.5, 0.6) is 5.88 Å². The number of benzene rings is 2. The number of hydrogen-bond donors (Lipinski definition) is 4. The van der Waals surface area contributed by atoms with Crippen molar-refractivity contribution >= 4 is 10.9 Å². The highest BCUT2D eigenvalue weighted by Gasteiger charge is 2.45. The lowest BCUT2D eigenvalue weighted by molar-refractivity contribution is -0.278. The number of aromatic nitrogens is 2. The Morgan fingerprint density at radius 2 is 1.73 bits per heavy atom. The van der Waals surface area contributed by atoms with Gasteiger partial charge in [0, 0.05) is 6.04 Å². The van der Waals surface area contributed by atoms with E-state index < -0.39 is 37.3 Å². The number of fused-ring (bicyclic) bond motifs is 1. The van der Waals surface area contributed by atoms with Gasteiger partial charge in [-0.3, -0.25) is 4.68 Å². The summed E-state index contributed by atoms with van der Waals surface area (Å²) in [5.74, 6) is 0.280. The molecule has 4 N–H and O–H groups in total. The van der Waals surface area contributed by atoms with E-state index >= 15 is 0 Å². The zero-order valence-electron chi connectivity index (χ0n) is 19.1. The number of aliphatic hydroxyl groups excluding tert-OH is 4. The van der Waals surface area contributed by atoms with Gasteiger partial charge in [0.1, 0.15) is 24.4 Å². The van der Waals surface area contributed by atoms with Gasteiger partial charge in [-0.05, 0) is 50.8 Å². The molecule has 2 aromatic carbocycles. The maximum absolute atomic E-state index is 10.4. The molecule has 0 amide bonds. The molecule has 4 rings (SSSR count). The Morgan fingerprint density at radius 1 is 1.00 bits per heavy atom. The van der Waals surface area contributed by atoms with E-state index in [9.17, 15) is 20.4 Å². The molecule has 8 nitrogen and oxygen atoms in total. The highest BCUT2D eigenvalue weighted by atomic mass is 16.7. The molecule has 178 valence electrons. The van der Waals surface area contributed by atoms with E-state index in [2.05, 4.69) is 36.3 Å². The van der Waals surface area contributed by atoms with Crippen LogP contribution < -0.4 is 4.74 Å². The first-order valence-electron chi connectivity index (χ1n) is 11.3. The molecule has 0 spiro atoms. The van der Waals surface area contributed by atoms with Gasteiger partial charge in [-0.2, -0.15) is 0 Å². The number of rotatable bonds is 7. The first kappa shape index (κ1) is 23.7. The van der Waals surface area contributed by atoms with E-state index in [1.165, 1.54) is 11.1 Å². The summed E-state index contributed by atoms with van der Waals surface area (Å²) in [6.07, 6.45) is -5.19. The molecular weight excluding hydrogens is 424 g/mol. The van der Waals surface area contributed by atoms with Crippen molar-refractivity contribution < 1.29 is 29.9 Å². The van der Waals surface area contributed by atoms with Gasteiger partial charge in [0.15, 0.2) is 0 Å². The molecule has 8 heteroatoms. The molecule has 0 saturated carbocycles. The first-order chi connectivity index (χ1) is 15.8. The second-order valence-corrected chi connectivity index (χ2v) is 8.96. The van der Waals surface area contributed by atoms with Crippen LogP contribution in [0.3, 0.4) is 0 Å². The molecule has 0 unspecified atom stereocenters. The molecule has 2 heterocycles. The van der Waals surface area contributed by atoms with Gasteiger partial charge < -0.3 is 29.9 Å². The smallest absolute Gasteiger partial charge is 0.243 e. The van der Waals surface area contributed by atoms with E-state index in [1.54, 1.807) is 0 Å². The van der Waals surface area contributed by atoms with Crippen LogP contribution >= 0.6 is 0 Å². The van der Waals surface area contributed by atoms with Crippen LogP contribution in [0, 0.1) is 6.92 Å². The minimum Gasteiger partial charge on any atom is -0.443 e. The van der Waals surface area contributed by atoms with Crippen LogP contribution in [-0.4, -0.2) is 67.5 Å². The number of aliphatic hydroxyl groups is 4. The molecule has 0 aliphatic carbocycles. The molecule has 0 bridgehead atoms. The van der Waals surface area contributed by atoms with E-state index in [-0.39, 0.29) is 11.9 Å². The summed E-state index contributed by atoms with van der Waals surface area (Å²) < 4.78 is 13.4. The van der Waals surface area contributed by atoms with Gasteiger partial charge in [0.25, 0.3) is 0 Å². The summed E-state index contributed by atoms with van der Waals surface area (Å²) in [6.45, 7) is 5.58. The van der Waals surface area contributed by atoms with Crippen LogP contribution in [0.15, 0.2) is 42.5 Å². The Bertz CT molecular complexity index is 1080. The Balaban J connectivity index is 1.67. The summed E-state index contributed by atoms with van der Waals surface area (Å²) in [6, 6.07) is 14.5. The predicted molar refractivity (Wildman–Crippen MR) is 123 cm³/mol. The normalized spacial score (nSPS) is 25.6. The summed E-state index contributed by atoms with van der Waals surface area (Å²) in [5, 5.41) is 45.6. The SMILES string of the molecule is Cc1ccc(CCc2cccc3c2c(O[C@@H]2O[C@H](CO)[C@@H](O)[C@H](O)[C@H]2O)nn3C(C)C)cc1. The Kier molecular flexibility index (Phi) is 7.02. The molecule has 33 heavy (non-hydrogen) atoms. The zero-order chi connectivity index (χ0) is 23.7. The molecule has 1 aliphatic rings. The quantitative estimate of drug-likeness (QED) is 0.429.